The van der Waals surface area contributed by atoms with E-state index in [-0.39, 0.29) is 18.1 Å². The summed E-state index contributed by atoms with van der Waals surface area (Å²) in [6, 6.07) is 9.76. The second-order valence-electron chi connectivity index (χ2n) is 6.85. The maximum atomic E-state index is 13.9. The Hall–Kier alpha value is -2.60. The fraction of sp³-hybridized carbons (Fsp3) is 0.333. The Balaban J connectivity index is 1.54. The van der Waals surface area contributed by atoms with Crippen LogP contribution < -0.4 is 4.74 Å². The Morgan fingerprint density at radius 2 is 1.71 bits per heavy atom. The highest BCUT2D eigenvalue weighted by Gasteiger charge is 2.26. The first-order valence-corrected chi connectivity index (χ1v) is 9.45. The van der Waals surface area contributed by atoms with E-state index in [2.05, 4.69) is 0 Å². The van der Waals surface area contributed by atoms with Gasteiger partial charge in [-0.3, -0.25) is 9.59 Å². The Bertz CT molecular complexity index is 895. The number of rotatable bonds is 4. The van der Waals surface area contributed by atoms with Gasteiger partial charge in [0.2, 0.25) is 0 Å². The molecule has 28 heavy (non-hydrogen) atoms. The van der Waals surface area contributed by atoms with Gasteiger partial charge >= 0.3 is 0 Å². The van der Waals surface area contributed by atoms with Crippen molar-refractivity contribution >= 4 is 23.4 Å². The van der Waals surface area contributed by atoms with Crippen LogP contribution in [-0.4, -0.2) is 54.4 Å². The topological polar surface area (TPSA) is 49.9 Å². The predicted molar refractivity (Wildman–Crippen MR) is 105 cm³/mol. The molecule has 1 fully saturated rings. The lowest BCUT2D eigenvalue weighted by molar-refractivity contribution is -0.134. The van der Waals surface area contributed by atoms with E-state index in [4.69, 9.17) is 16.3 Å². The van der Waals surface area contributed by atoms with Gasteiger partial charge in [0.1, 0.15) is 11.6 Å². The predicted octanol–water partition coefficient (Wildman–Crippen LogP) is 3.46. The molecule has 1 aliphatic heterocycles. The Morgan fingerprint density at radius 3 is 2.43 bits per heavy atom. The molecule has 1 saturated heterocycles. The summed E-state index contributed by atoms with van der Waals surface area (Å²) in [5.41, 5.74) is 1.98. The van der Waals surface area contributed by atoms with Crippen LogP contribution in [0.2, 0.25) is 5.02 Å². The first-order valence-electron chi connectivity index (χ1n) is 9.07. The zero-order chi connectivity index (χ0) is 20.3. The number of aryl methyl sites for hydroxylation is 2. The van der Waals surface area contributed by atoms with Crippen LogP contribution in [0.3, 0.4) is 0 Å². The molecule has 0 aromatic heterocycles. The number of halogens is 2. The average Bonchev–Trinajstić information content (AvgIpc) is 2.70. The lowest BCUT2D eigenvalue weighted by Crippen LogP contribution is -2.51. The molecule has 0 saturated carbocycles. The molecular weight excluding hydrogens is 383 g/mol. The van der Waals surface area contributed by atoms with Gasteiger partial charge in [-0.1, -0.05) is 23.7 Å². The largest absolute Gasteiger partial charge is 0.483 e. The van der Waals surface area contributed by atoms with Crippen LogP contribution >= 0.6 is 11.6 Å². The molecule has 1 aliphatic rings. The summed E-state index contributed by atoms with van der Waals surface area (Å²) in [4.78, 5) is 28.1. The molecule has 0 spiro atoms. The maximum absolute atomic E-state index is 13.9. The lowest BCUT2D eigenvalue weighted by atomic mass is 10.1. The van der Waals surface area contributed by atoms with Gasteiger partial charge in [-0.05, 0) is 49.2 Å². The monoisotopic (exact) mass is 404 g/mol. The molecule has 0 atom stereocenters. The summed E-state index contributed by atoms with van der Waals surface area (Å²) in [5.74, 6) is -0.464. The lowest BCUT2D eigenvalue weighted by Gasteiger charge is -2.34. The van der Waals surface area contributed by atoms with Gasteiger partial charge in [0.25, 0.3) is 11.8 Å². The molecule has 0 aliphatic carbocycles. The van der Waals surface area contributed by atoms with E-state index in [1.807, 2.05) is 32.0 Å². The Labute approximate surface area is 168 Å². The first kappa shape index (κ1) is 20.1. The fourth-order valence-electron chi connectivity index (χ4n) is 3.08. The van der Waals surface area contributed by atoms with Crippen molar-refractivity contribution in [2.24, 2.45) is 0 Å². The minimum Gasteiger partial charge on any atom is -0.483 e. The van der Waals surface area contributed by atoms with E-state index >= 15 is 0 Å². The Kier molecular flexibility index (Phi) is 6.19. The highest BCUT2D eigenvalue weighted by atomic mass is 35.5. The maximum Gasteiger partial charge on any atom is 0.260 e. The van der Waals surface area contributed by atoms with Gasteiger partial charge in [-0.25, -0.2) is 4.39 Å². The standard InChI is InChI=1S/C21H22ClFN2O3/c1-14-3-4-15(2)19(11-14)28-13-20(26)24-7-9-25(10-8-24)21(27)17-12-16(22)5-6-18(17)23/h3-6,11-12H,7-10,13H2,1-2H3. The molecule has 2 aromatic rings. The summed E-state index contributed by atoms with van der Waals surface area (Å²) in [7, 11) is 0. The number of amides is 2. The van der Waals surface area contributed by atoms with Crippen molar-refractivity contribution in [1.82, 2.24) is 9.80 Å². The van der Waals surface area contributed by atoms with E-state index in [1.54, 1.807) is 4.90 Å². The van der Waals surface area contributed by atoms with E-state index < -0.39 is 11.7 Å². The van der Waals surface area contributed by atoms with Crippen molar-refractivity contribution in [2.75, 3.05) is 32.8 Å². The third-order valence-corrected chi connectivity index (χ3v) is 5.01. The molecule has 0 N–H and O–H groups in total. The van der Waals surface area contributed by atoms with Crippen molar-refractivity contribution < 1.29 is 18.7 Å². The molecule has 7 heteroatoms. The SMILES string of the molecule is Cc1ccc(C)c(OCC(=O)N2CCN(C(=O)c3cc(Cl)ccc3F)CC2)c1. The van der Waals surface area contributed by atoms with Gasteiger partial charge in [-0.2, -0.15) is 0 Å². The number of hydrogen-bond donors (Lipinski definition) is 0. The third kappa shape index (κ3) is 4.62. The van der Waals surface area contributed by atoms with Crippen molar-refractivity contribution in [2.45, 2.75) is 13.8 Å². The van der Waals surface area contributed by atoms with Crippen LogP contribution in [-0.2, 0) is 4.79 Å². The molecule has 0 radical (unpaired) electrons. The summed E-state index contributed by atoms with van der Waals surface area (Å²) >= 11 is 5.87. The highest BCUT2D eigenvalue weighted by Crippen LogP contribution is 2.20. The molecule has 2 aromatic carbocycles. The van der Waals surface area contributed by atoms with E-state index in [1.165, 1.54) is 23.1 Å². The van der Waals surface area contributed by atoms with E-state index in [0.29, 0.717) is 37.0 Å². The molecule has 3 rings (SSSR count). The third-order valence-electron chi connectivity index (χ3n) is 4.77. The van der Waals surface area contributed by atoms with Crippen LogP contribution in [0.25, 0.3) is 0 Å². The van der Waals surface area contributed by atoms with Gasteiger partial charge in [0.15, 0.2) is 6.61 Å². The van der Waals surface area contributed by atoms with Crippen molar-refractivity contribution in [3.8, 4) is 5.75 Å². The number of hydrogen-bond acceptors (Lipinski definition) is 3. The minimum atomic E-state index is -0.602. The number of benzene rings is 2. The van der Waals surface area contributed by atoms with Crippen molar-refractivity contribution in [3.05, 3.63) is 63.9 Å². The zero-order valence-corrected chi connectivity index (χ0v) is 16.6. The molecular formula is C21H22ClFN2O3. The fourth-order valence-corrected chi connectivity index (χ4v) is 3.26. The highest BCUT2D eigenvalue weighted by molar-refractivity contribution is 6.31. The normalized spacial score (nSPS) is 14.1. The van der Waals surface area contributed by atoms with E-state index in [0.717, 1.165) is 11.1 Å². The number of carbonyl (C=O) groups excluding carboxylic acids is 2. The molecule has 1 heterocycles. The second kappa shape index (κ2) is 8.61. The van der Waals surface area contributed by atoms with Gasteiger partial charge in [0.05, 0.1) is 5.56 Å². The molecule has 148 valence electrons. The molecule has 0 unspecified atom stereocenters. The average molecular weight is 405 g/mol. The summed E-state index contributed by atoms with van der Waals surface area (Å²) in [6.07, 6.45) is 0. The minimum absolute atomic E-state index is 0.0504. The van der Waals surface area contributed by atoms with Gasteiger partial charge in [0, 0.05) is 31.2 Å². The summed E-state index contributed by atoms with van der Waals surface area (Å²) < 4.78 is 19.6. The van der Waals surface area contributed by atoms with Crippen LogP contribution in [0, 0.1) is 19.7 Å². The van der Waals surface area contributed by atoms with E-state index in [9.17, 15) is 14.0 Å². The summed E-state index contributed by atoms with van der Waals surface area (Å²) in [5, 5.41) is 0.308. The number of ether oxygens (including phenoxy) is 1. The number of carbonyl (C=O) groups is 2. The van der Waals surface area contributed by atoms with Crippen LogP contribution in [0.15, 0.2) is 36.4 Å². The van der Waals surface area contributed by atoms with Crippen LogP contribution in [0.5, 0.6) is 5.75 Å². The van der Waals surface area contributed by atoms with Crippen LogP contribution in [0.1, 0.15) is 21.5 Å². The van der Waals surface area contributed by atoms with Crippen molar-refractivity contribution in [1.29, 1.82) is 0 Å². The van der Waals surface area contributed by atoms with Gasteiger partial charge in [-0.15, -0.1) is 0 Å². The molecule has 0 bridgehead atoms. The molecule has 5 nitrogen and oxygen atoms in total. The quantitative estimate of drug-likeness (QED) is 0.784. The number of piperazine rings is 1. The van der Waals surface area contributed by atoms with Crippen LogP contribution in [0.4, 0.5) is 4.39 Å². The Morgan fingerprint density at radius 1 is 1.04 bits per heavy atom. The second-order valence-corrected chi connectivity index (χ2v) is 7.29. The zero-order valence-electron chi connectivity index (χ0n) is 15.9. The smallest absolute Gasteiger partial charge is 0.260 e. The first-order chi connectivity index (χ1) is 13.3. The van der Waals surface area contributed by atoms with Gasteiger partial charge < -0.3 is 14.5 Å². The van der Waals surface area contributed by atoms with Crippen molar-refractivity contribution in [3.63, 3.8) is 0 Å². The molecule has 2 amide bonds. The summed E-state index contributed by atoms with van der Waals surface area (Å²) in [6.45, 7) is 5.26. The number of nitrogens with zero attached hydrogens (tertiary/aromatic N) is 2.